The van der Waals surface area contributed by atoms with E-state index in [0.29, 0.717) is 41.2 Å². The van der Waals surface area contributed by atoms with Gasteiger partial charge in [0.2, 0.25) is 5.82 Å². The third-order valence-corrected chi connectivity index (χ3v) is 7.28. The van der Waals surface area contributed by atoms with Crippen molar-refractivity contribution in [1.82, 2.24) is 25.2 Å². The maximum atomic E-state index is 14.5. The molecule has 0 bridgehead atoms. The third kappa shape index (κ3) is 5.87. The van der Waals surface area contributed by atoms with Gasteiger partial charge in [-0.2, -0.15) is 13.2 Å². The minimum atomic E-state index is -4.66. The number of hydrogen-bond donors (Lipinski definition) is 2. The van der Waals surface area contributed by atoms with Crippen LogP contribution in [0.3, 0.4) is 0 Å². The summed E-state index contributed by atoms with van der Waals surface area (Å²) >= 11 is 0. The van der Waals surface area contributed by atoms with E-state index in [2.05, 4.69) is 25.6 Å². The van der Waals surface area contributed by atoms with E-state index < -0.39 is 23.7 Å². The lowest BCUT2D eigenvalue weighted by atomic mass is 9.93. The van der Waals surface area contributed by atoms with Gasteiger partial charge in [0.1, 0.15) is 11.5 Å². The summed E-state index contributed by atoms with van der Waals surface area (Å²) < 4.78 is 53.5. The van der Waals surface area contributed by atoms with Gasteiger partial charge in [0, 0.05) is 49.0 Å². The van der Waals surface area contributed by atoms with Crippen LogP contribution in [-0.4, -0.2) is 57.1 Å². The highest BCUT2D eigenvalue weighted by Gasteiger charge is 2.36. The van der Waals surface area contributed by atoms with Gasteiger partial charge < -0.3 is 10.6 Å². The molecule has 3 aromatic rings. The molecular weight excluding hydrogens is 500 g/mol. The molecule has 1 amide bonds. The Kier molecular flexibility index (Phi) is 6.97. The fraction of sp³-hybridized carbons (Fsp3) is 0.481. The van der Waals surface area contributed by atoms with E-state index in [1.165, 1.54) is 0 Å². The van der Waals surface area contributed by atoms with Crippen LogP contribution in [-0.2, 0) is 6.18 Å². The number of fused-ring (bicyclic) bond motifs is 1. The van der Waals surface area contributed by atoms with Gasteiger partial charge in [-0.25, -0.2) is 19.3 Å². The van der Waals surface area contributed by atoms with Crippen molar-refractivity contribution in [2.75, 3.05) is 25.0 Å². The van der Waals surface area contributed by atoms with E-state index >= 15 is 0 Å². The summed E-state index contributed by atoms with van der Waals surface area (Å²) in [4.78, 5) is 27.1. The number of carbonyl (C=O) groups is 1. The van der Waals surface area contributed by atoms with Crippen molar-refractivity contribution in [2.24, 2.45) is 0 Å². The van der Waals surface area contributed by atoms with Crippen molar-refractivity contribution in [3.05, 3.63) is 59.2 Å². The monoisotopic (exact) mass is 530 g/mol. The molecule has 1 aromatic carbocycles. The Morgan fingerprint density at radius 2 is 1.82 bits per heavy atom. The lowest BCUT2D eigenvalue weighted by molar-refractivity contribution is -0.145. The Bertz CT molecular complexity index is 1310. The summed E-state index contributed by atoms with van der Waals surface area (Å²) in [7, 11) is 0. The fourth-order valence-corrected chi connectivity index (χ4v) is 4.83. The smallest absolute Gasteiger partial charge is 0.367 e. The first-order chi connectivity index (χ1) is 18.0. The molecule has 3 heterocycles. The first-order valence-corrected chi connectivity index (χ1v) is 12.8. The highest BCUT2D eigenvalue weighted by atomic mass is 19.4. The molecule has 202 valence electrons. The number of carbonyl (C=O) groups excluding carboxylic acids is 1. The molecule has 0 radical (unpaired) electrons. The van der Waals surface area contributed by atoms with E-state index in [4.69, 9.17) is 0 Å². The van der Waals surface area contributed by atoms with Crippen molar-refractivity contribution in [3.8, 4) is 0 Å². The third-order valence-electron chi connectivity index (χ3n) is 7.28. The second-order valence-electron chi connectivity index (χ2n) is 10.5. The van der Waals surface area contributed by atoms with E-state index in [1.54, 1.807) is 6.92 Å². The van der Waals surface area contributed by atoms with Crippen LogP contribution < -0.4 is 10.6 Å². The van der Waals surface area contributed by atoms with Gasteiger partial charge in [0.05, 0.1) is 17.1 Å². The fourth-order valence-electron chi connectivity index (χ4n) is 4.83. The van der Waals surface area contributed by atoms with Crippen LogP contribution in [0, 0.1) is 6.92 Å². The van der Waals surface area contributed by atoms with Gasteiger partial charge in [0.15, 0.2) is 0 Å². The number of halogens is 4. The Balaban J connectivity index is 1.38. The predicted octanol–water partition coefficient (Wildman–Crippen LogP) is 5.22. The van der Waals surface area contributed by atoms with E-state index in [1.807, 2.05) is 36.1 Å². The molecule has 5 rings (SSSR count). The van der Waals surface area contributed by atoms with Gasteiger partial charge in [-0.1, -0.05) is 6.07 Å². The minimum Gasteiger partial charge on any atom is -0.367 e. The van der Waals surface area contributed by atoms with Gasteiger partial charge >= 0.3 is 6.18 Å². The standard InChI is InChI=1S/C27H30F4N6O/c1-16-3-7-20-19(6-8-22(36-20)35-18-4-5-18)23(16)24(38)32-15-21(37-11-9-26(2,28)10-12-37)17-13-33-25(34-14-17)27(29,30)31/h3,6-8,13-14,18,21H,4-5,9-12,15H2,1-2H3,(H,32,38)(H,35,36). The molecule has 1 saturated carbocycles. The van der Waals surface area contributed by atoms with Gasteiger partial charge in [-0.05, 0) is 63.3 Å². The lowest BCUT2D eigenvalue weighted by Crippen LogP contribution is -2.45. The largest absolute Gasteiger partial charge is 0.451 e. The van der Waals surface area contributed by atoms with Crippen LogP contribution in [0.4, 0.5) is 23.4 Å². The Labute approximate surface area is 218 Å². The molecule has 2 aliphatic rings. The molecule has 1 atom stereocenters. The molecule has 2 aromatic heterocycles. The second-order valence-corrected chi connectivity index (χ2v) is 10.5. The number of aromatic nitrogens is 3. The van der Waals surface area contributed by atoms with Gasteiger partial charge in [-0.15, -0.1) is 0 Å². The molecule has 0 spiro atoms. The molecule has 11 heteroatoms. The summed E-state index contributed by atoms with van der Waals surface area (Å²) in [6.07, 6.45) is 0.419. The molecule has 2 N–H and O–H groups in total. The number of rotatable bonds is 7. The Morgan fingerprint density at radius 3 is 2.45 bits per heavy atom. The zero-order chi connectivity index (χ0) is 27.1. The number of nitrogens with one attached hydrogen (secondary N) is 2. The average Bonchev–Trinajstić information content (AvgIpc) is 3.68. The number of anilines is 1. The predicted molar refractivity (Wildman–Crippen MR) is 136 cm³/mol. The van der Waals surface area contributed by atoms with Crippen LogP contribution in [0.2, 0.25) is 0 Å². The van der Waals surface area contributed by atoms with Crippen molar-refractivity contribution in [1.29, 1.82) is 0 Å². The maximum Gasteiger partial charge on any atom is 0.451 e. The van der Waals surface area contributed by atoms with Crippen molar-refractivity contribution in [2.45, 2.75) is 63.5 Å². The van der Waals surface area contributed by atoms with Gasteiger partial charge in [-0.3, -0.25) is 9.69 Å². The Hall–Kier alpha value is -3.34. The quantitative estimate of drug-likeness (QED) is 0.408. The summed E-state index contributed by atoms with van der Waals surface area (Å²) in [6.45, 7) is 4.27. The van der Waals surface area contributed by atoms with Crippen LogP contribution >= 0.6 is 0 Å². The minimum absolute atomic E-state index is 0.0983. The number of alkyl halides is 4. The molecule has 7 nitrogen and oxygen atoms in total. The summed E-state index contributed by atoms with van der Waals surface area (Å²) in [5, 5.41) is 7.03. The zero-order valence-corrected chi connectivity index (χ0v) is 21.3. The lowest BCUT2D eigenvalue weighted by Gasteiger charge is -2.39. The highest BCUT2D eigenvalue weighted by molar-refractivity contribution is 6.07. The van der Waals surface area contributed by atoms with Crippen LogP contribution in [0.25, 0.3) is 10.9 Å². The average molecular weight is 531 g/mol. The SMILES string of the molecule is Cc1ccc2nc(NC3CC3)ccc2c1C(=O)NCC(c1cnc(C(F)(F)F)nc1)N1CCC(C)(F)CC1. The first kappa shape index (κ1) is 26.3. The number of hydrogen-bond acceptors (Lipinski definition) is 6. The second kappa shape index (κ2) is 10.1. The zero-order valence-electron chi connectivity index (χ0n) is 21.3. The normalized spacial score (nSPS) is 18.8. The molecule has 1 aliphatic carbocycles. The number of amides is 1. The number of likely N-dealkylation sites (tertiary alicyclic amines) is 1. The topological polar surface area (TPSA) is 83.0 Å². The van der Waals surface area contributed by atoms with Crippen LogP contribution in [0.5, 0.6) is 0 Å². The summed E-state index contributed by atoms with van der Waals surface area (Å²) in [5.74, 6) is -0.779. The highest BCUT2D eigenvalue weighted by Crippen LogP contribution is 2.32. The number of benzene rings is 1. The van der Waals surface area contributed by atoms with E-state index in [9.17, 15) is 22.4 Å². The summed E-state index contributed by atoms with van der Waals surface area (Å²) in [5.41, 5.74) is 1.08. The molecular formula is C27H30F4N6O. The van der Waals surface area contributed by atoms with Gasteiger partial charge in [0.25, 0.3) is 5.91 Å². The van der Waals surface area contributed by atoms with Crippen molar-refractivity contribution >= 4 is 22.6 Å². The van der Waals surface area contributed by atoms with Crippen molar-refractivity contribution in [3.63, 3.8) is 0 Å². The number of piperidine rings is 1. The number of nitrogens with zero attached hydrogens (tertiary/aromatic N) is 4. The Morgan fingerprint density at radius 1 is 1.13 bits per heavy atom. The molecule has 2 fully saturated rings. The maximum absolute atomic E-state index is 14.5. The molecule has 38 heavy (non-hydrogen) atoms. The summed E-state index contributed by atoms with van der Waals surface area (Å²) in [6, 6.07) is 7.40. The number of aryl methyl sites for hydroxylation is 1. The number of pyridine rings is 1. The van der Waals surface area contributed by atoms with E-state index in [-0.39, 0.29) is 25.3 Å². The molecule has 1 unspecified atom stereocenters. The van der Waals surface area contributed by atoms with Crippen molar-refractivity contribution < 1.29 is 22.4 Å². The first-order valence-electron chi connectivity index (χ1n) is 12.8. The van der Waals surface area contributed by atoms with Crippen LogP contribution in [0.1, 0.15) is 66.0 Å². The van der Waals surface area contributed by atoms with E-state index in [0.717, 1.165) is 36.6 Å². The molecule has 1 saturated heterocycles. The van der Waals surface area contributed by atoms with Crippen LogP contribution in [0.15, 0.2) is 36.7 Å². The molecule has 1 aliphatic heterocycles.